The third-order valence-electron chi connectivity index (χ3n) is 3.72. The van der Waals surface area contributed by atoms with E-state index in [1.165, 1.54) is 37.0 Å². The fourth-order valence-corrected chi connectivity index (χ4v) is 2.98. The number of carbonyl (C=O) groups is 1. The molecular formula is C20H21FN8O2S. The van der Waals surface area contributed by atoms with E-state index >= 15 is 0 Å². The van der Waals surface area contributed by atoms with E-state index in [9.17, 15) is 13.4 Å². The summed E-state index contributed by atoms with van der Waals surface area (Å²) in [4.78, 5) is 28.9. The molecule has 32 heavy (non-hydrogen) atoms. The topological polar surface area (TPSA) is 134 Å². The summed E-state index contributed by atoms with van der Waals surface area (Å²) < 4.78 is 29.1. The minimum absolute atomic E-state index is 0.146. The number of rotatable bonds is 8. The van der Waals surface area contributed by atoms with E-state index in [1.54, 1.807) is 24.3 Å². The first-order valence-electron chi connectivity index (χ1n) is 9.29. The molecule has 0 spiro atoms. The molecule has 3 aromatic heterocycles. The fraction of sp³-hybridized carbons (Fsp3) is 0.150. The maximum atomic E-state index is 13.0. The van der Waals surface area contributed by atoms with Crippen molar-refractivity contribution in [3.8, 4) is 0 Å². The van der Waals surface area contributed by atoms with Gasteiger partial charge in [-0.05, 0) is 24.3 Å². The molecule has 0 unspecified atom stereocenters. The van der Waals surface area contributed by atoms with Crippen molar-refractivity contribution in [1.82, 2.24) is 25.3 Å². The van der Waals surface area contributed by atoms with E-state index in [1.807, 2.05) is 0 Å². The summed E-state index contributed by atoms with van der Waals surface area (Å²) in [7, 11) is -2.40. The van der Waals surface area contributed by atoms with Crippen LogP contribution in [0.3, 0.4) is 0 Å². The molecule has 0 saturated carbocycles. The summed E-state index contributed by atoms with van der Waals surface area (Å²) in [6.07, 6.45) is 7.18. The quantitative estimate of drug-likeness (QED) is 0.348. The lowest BCUT2D eigenvalue weighted by Crippen LogP contribution is -2.25. The minimum atomic E-state index is -2.40. The zero-order valence-electron chi connectivity index (χ0n) is 17.4. The third kappa shape index (κ3) is 6.54. The number of carbonyl (C=O) groups excluding carboxylic acids is 1. The Kier molecular flexibility index (Phi) is 7.05. The average Bonchev–Trinajstić information content (AvgIpc) is 2.73. The molecule has 1 amide bonds. The molecule has 0 aliphatic heterocycles. The SMILES string of the molecule is C=CCNC(=O)c1cnc(Nc2ccc(F)nc2)nc1Nc1cccc(N=S(C)(C)=O)n1. The smallest absolute Gasteiger partial charge is 0.256 e. The summed E-state index contributed by atoms with van der Waals surface area (Å²) in [6, 6.07) is 7.61. The Balaban J connectivity index is 1.95. The predicted octanol–water partition coefficient (Wildman–Crippen LogP) is 3.17. The first-order chi connectivity index (χ1) is 15.2. The van der Waals surface area contributed by atoms with Crippen molar-refractivity contribution in [3.05, 3.63) is 66.9 Å². The van der Waals surface area contributed by atoms with Crippen molar-refractivity contribution in [2.24, 2.45) is 4.36 Å². The van der Waals surface area contributed by atoms with Crippen molar-refractivity contribution in [3.63, 3.8) is 0 Å². The van der Waals surface area contributed by atoms with Gasteiger partial charge in [-0.1, -0.05) is 12.1 Å². The zero-order chi connectivity index (χ0) is 23.1. The Morgan fingerprint density at radius 2 is 1.97 bits per heavy atom. The van der Waals surface area contributed by atoms with Crippen molar-refractivity contribution in [2.45, 2.75) is 0 Å². The van der Waals surface area contributed by atoms with Gasteiger partial charge in [0.1, 0.15) is 17.2 Å². The molecule has 0 atom stereocenters. The van der Waals surface area contributed by atoms with Gasteiger partial charge in [0.25, 0.3) is 5.91 Å². The number of hydrogen-bond donors (Lipinski definition) is 3. The molecule has 0 fully saturated rings. The van der Waals surface area contributed by atoms with E-state index in [0.717, 1.165) is 0 Å². The largest absolute Gasteiger partial charge is 0.348 e. The van der Waals surface area contributed by atoms with E-state index in [-0.39, 0.29) is 29.7 Å². The Morgan fingerprint density at radius 1 is 1.16 bits per heavy atom. The fourth-order valence-electron chi connectivity index (χ4n) is 2.43. The number of pyridine rings is 2. The Bertz CT molecular complexity index is 1250. The molecule has 0 bridgehead atoms. The Labute approximate surface area is 184 Å². The summed E-state index contributed by atoms with van der Waals surface area (Å²) in [5.41, 5.74) is 0.620. The standard InChI is InChI=1S/C20H21FN8O2S/c1-4-10-22-19(30)14-12-24-20(25-13-8-9-15(21)23-11-13)28-18(14)27-16-6-5-7-17(26-16)29-32(2,3)31/h4-9,11-12H,1,10H2,2-3H3,(H,22,30)(H2,24,25,26,27,28). The molecule has 0 aliphatic rings. The molecule has 0 saturated heterocycles. The van der Waals surface area contributed by atoms with Gasteiger partial charge in [-0.3, -0.25) is 4.79 Å². The third-order valence-corrected chi connectivity index (χ3v) is 4.34. The summed E-state index contributed by atoms with van der Waals surface area (Å²) in [5, 5.41) is 8.53. The maximum absolute atomic E-state index is 13.0. The zero-order valence-corrected chi connectivity index (χ0v) is 18.2. The van der Waals surface area contributed by atoms with Crippen LogP contribution in [0.1, 0.15) is 10.4 Å². The van der Waals surface area contributed by atoms with E-state index in [4.69, 9.17) is 0 Å². The second-order valence-electron chi connectivity index (χ2n) is 6.73. The van der Waals surface area contributed by atoms with Crippen molar-refractivity contribution in [2.75, 3.05) is 29.7 Å². The predicted molar refractivity (Wildman–Crippen MR) is 122 cm³/mol. The molecule has 166 valence electrons. The highest BCUT2D eigenvalue weighted by atomic mass is 32.2. The van der Waals surface area contributed by atoms with Gasteiger partial charge in [0, 0.05) is 35.0 Å². The number of halogens is 1. The van der Waals surface area contributed by atoms with Gasteiger partial charge >= 0.3 is 0 Å². The van der Waals surface area contributed by atoms with Crippen LogP contribution >= 0.6 is 0 Å². The van der Waals surface area contributed by atoms with Gasteiger partial charge in [-0.25, -0.2) is 19.2 Å². The first-order valence-corrected chi connectivity index (χ1v) is 11.6. The van der Waals surface area contributed by atoms with Crippen molar-refractivity contribution in [1.29, 1.82) is 0 Å². The van der Waals surface area contributed by atoms with Crippen LogP contribution in [-0.4, -0.2) is 49.1 Å². The molecular weight excluding hydrogens is 435 g/mol. The van der Waals surface area contributed by atoms with Gasteiger partial charge < -0.3 is 16.0 Å². The number of aromatic nitrogens is 4. The van der Waals surface area contributed by atoms with Gasteiger partial charge in [-0.15, -0.1) is 6.58 Å². The monoisotopic (exact) mass is 456 g/mol. The van der Waals surface area contributed by atoms with Crippen LogP contribution in [0, 0.1) is 5.95 Å². The second kappa shape index (κ2) is 9.92. The summed E-state index contributed by atoms with van der Waals surface area (Å²) in [5.74, 6) is -0.126. The summed E-state index contributed by atoms with van der Waals surface area (Å²) >= 11 is 0. The molecule has 0 aliphatic carbocycles. The highest BCUT2D eigenvalue weighted by molar-refractivity contribution is 7.92. The van der Waals surface area contributed by atoms with E-state index < -0.39 is 21.6 Å². The lowest BCUT2D eigenvalue weighted by atomic mass is 10.2. The van der Waals surface area contributed by atoms with E-state index in [0.29, 0.717) is 11.5 Å². The first kappa shape index (κ1) is 22.7. The minimum Gasteiger partial charge on any atom is -0.348 e. The Morgan fingerprint density at radius 3 is 2.66 bits per heavy atom. The van der Waals surface area contributed by atoms with Crippen LogP contribution in [0.4, 0.5) is 33.5 Å². The number of nitrogens with zero attached hydrogens (tertiary/aromatic N) is 5. The number of hydrogen-bond acceptors (Lipinski definition) is 9. The molecule has 10 nitrogen and oxygen atoms in total. The van der Waals surface area contributed by atoms with Gasteiger partial charge in [0.05, 0.1) is 11.9 Å². The summed E-state index contributed by atoms with van der Waals surface area (Å²) in [6.45, 7) is 3.83. The van der Waals surface area contributed by atoms with Crippen LogP contribution in [0.25, 0.3) is 0 Å². The molecule has 3 aromatic rings. The highest BCUT2D eigenvalue weighted by Crippen LogP contribution is 2.22. The second-order valence-corrected chi connectivity index (χ2v) is 9.27. The normalized spacial score (nSPS) is 10.8. The molecule has 0 aromatic carbocycles. The lowest BCUT2D eigenvalue weighted by Gasteiger charge is -2.12. The van der Waals surface area contributed by atoms with Crippen LogP contribution in [0.2, 0.25) is 0 Å². The van der Waals surface area contributed by atoms with Crippen LogP contribution < -0.4 is 16.0 Å². The molecule has 0 radical (unpaired) electrons. The maximum Gasteiger partial charge on any atom is 0.256 e. The van der Waals surface area contributed by atoms with Gasteiger partial charge in [0.2, 0.25) is 11.9 Å². The van der Waals surface area contributed by atoms with Crippen molar-refractivity contribution >= 4 is 44.7 Å². The molecule has 3 heterocycles. The van der Waals surface area contributed by atoms with Gasteiger partial charge in [-0.2, -0.15) is 13.7 Å². The van der Waals surface area contributed by atoms with Gasteiger partial charge in [0.15, 0.2) is 5.82 Å². The average molecular weight is 457 g/mol. The molecule has 3 N–H and O–H groups in total. The van der Waals surface area contributed by atoms with Crippen LogP contribution in [-0.2, 0) is 9.73 Å². The lowest BCUT2D eigenvalue weighted by molar-refractivity contribution is 0.0958. The highest BCUT2D eigenvalue weighted by Gasteiger charge is 2.16. The number of anilines is 4. The van der Waals surface area contributed by atoms with Crippen LogP contribution in [0.15, 0.2) is 59.7 Å². The van der Waals surface area contributed by atoms with Crippen molar-refractivity contribution < 1.29 is 13.4 Å². The number of nitrogens with one attached hydrogen (secondary N) is 3. The van der Waals surface area contributed by atoms with Crippen LogP contribution in [0.5, 0.6) is 0 Å². The number of amides is 1. The molecule has 12 heteroatoms. The Hall–Kier alpha value is -3.93. The van der Waals surface area contributed by atoms with E-state index in [2.05, 4.69) is 46.8 Å². The molecule has 3 rings (SSSR count).